The van der Waals surface area contributed by atoms with Gasteiger partial charge < -0.3 is 0 Å². The van der Waals surface area contributed by atoms with E-state index >= 15 is 0 Å². The number of hydrogen-bond acceptors (Lipinski definition) is 4. The summed E-state index contributed by atoms with van der Waals surface area (Å²) in [6.45, 7) is 4.89. The van der Waals surface area contributed by atoms with E-state index in [4.69, 9.17) is 15.0 Å². The summed E-state index contributed by atoms with van der Waals surface area (Å²) in [6.07, 6.45) is 18.4. The van der Waals surface area contributed by atoms with Crippen LogP contribution in [0.1, 0.15) is 98.4 Å². The third-order valence-electron chi connectivity index (χ3n) is 15.6. The minimum atomic E-state index is -0.0452. The molecule has 0 N–H and O–H groups in total. The standard InChI is InChI=1S/C60H49N3S/c1-59(2)50-29-27-41(33-46(50)48-36-53-47(35-52(48)59)43-19-10-11-22-51(43)60(53)31-12-5-13-32-60)42-28-30-54-49(34-42)44-20-14-21-45(55(44)64-54)58-62-56(39-17-8-4-9-18-39)61-57(63-58)40-25-23-38(24-26-40)37-15-6-3-7-16-37/h3-4,6-11,14-23,25,27-30,33-36,47,53H,5,12-13,24,26,31-32H2,1-2H3. The van der Waals surface area contributed by atoms with E-state index in [1.54, 1.807) is 11.1 Å². The Morgan fingerprint density at radius 3 is 2.05 bits per heavy atom. The minimum absolute atomic E-state index is 0.0452. The van der Waals surface area contributed by atoms with Crippen LogP contribution < -0.4 is 0 Å². The molecule has 2 unspecified atom stereocenters. The topological polar surface area (TPSA) is 38.7 Å². The zero-order valence-corrected chi connectivity index (χ0v) is 37.3. The van der Waals surface area contributed by atoms with Gasteiger partial charge in [0.1, 0.15) is 0 Å². The van der Waals surface area contributed by atoms with Crippen molar-refractivity contribution in [3.63, 3.8) is 0 Å². The molecule has 0 amide bonds. The Kier molecular flexibility index (Phi) is 8.62. The van der Waals surface area contributed by atoms with Crippen LogP contribution >= 0.6 is 11.3 Å². The second-order valence-corrected chi connectivity index (χ2v) is 20.4. The van der Waals surface area contributed by atoms with Crippen molar-refractivity contribution in [2.75, 3.05) is 0 Å². The van der Waals surface area contributed by atoms with Crippen LogP contribution in [0.4, 0.5) is 0 Å². The van der Waals surface area contributed by atoms with Gasteiger partial charge in [-0.1, -0.05) is 173 Å². The average molecular weight is 844 g/mol. The van der Waals surface area contributed by atoms with Crippen LogP contribution in [0.5, 0.6) is 0 Å². The number of allylic oxidation sites excluding steroid dienone is 8. The molecule has 1 spiro atoms. The molecule has 5 aliphatic carbocycles. The number of aromatic nitrogens is 3. The van der Waals surface area contributed by atoms with Crippen LogP contribution in [-0.4, -0.2) is 15.0 Å². The fourth-order valence-electron chi connectivity index (χ4n) is 12.4. The molecule has 0 bridgehead atoms. The number of fused-ring (bicyclic) bond motifs is 11. The maximum absolute atomic E-state index is 5.25. The highest BCUT2D eigenvalue weighted by molar-refractivity contribution is 7.26. The van der Waals surface area contributed by atoms with Crippen molar-refractivity contribution in [2.45, 2.75) is 75.5 Å². The molecule has 310 valence electrons. The Labute approximate surface area is 379 Å². The predicted octanol–water partition coefficient (Wildman–Crippen LogP) is 15.7. The molecule has 6 aromatic carbocycles. The zero-order chi connectivity index (χ0) is 42.6. The quantitative estimate of drug-likeness (QED) is 0.173. The van der Waals surface area contributed by atoms with Crippen LogP contribution in [0, 0.1) is 5.92 Å². The molecule has 64 heavy (non-hydrogen) atoms. The normalized spacial score (nSPS) is 20.2. The maximum Gasteiger partial charge on any atom is 0.165 e. The number of hydrogen-bond donors (Lipinski definition) is 0. The smallest absolute Gasteiger partial charge is 0.165 e. The first-order chi connectivity index (χ1) is 31.4. The van der Waals surface area contributed by atoms with E-state index in [-0.39, 0.29) is 10.8 Å². The zero-order valence-electron chi connectivity index (χ0n) is 36.4. The molecule has 0 saturated heterocycles. The summed E-state index contributed by atoms with van der Waals surface area (Å²) in [5.74, 6) is 3.15. The van der Waals surface area contributed by atoms with Crippen LogP contribution in [-0.2, 0) is 10.8 Å². The Hall–Kier alpha value is -6.49. The number of rotatable bonds is 5. The summed E-state index contributed by atoms with van der Waals surface area (Å²) >= 11 is 1.84. The van der Waals surface area contributed by atoms with E-state index in [1.807, 2.05) is 17.4 Å². The van der Waals surface area contributed by atoms with E-state index in [9.17, 15) is 0 Å². The van der Waals surface area contributed by atoms with Crippen molar-refractivity contribution >= 4 is 48.2 Å². The van der Waals surface area contributed by atoms with Crippen LogP contribution in [0.2, 0.25) is 0 Å². The van der Waals surface area contributed by atoms with Gasteiger partial charge in [0, 0.05) is 48.0 Å². The summed E-state index contributed by atoms with van der Waals surface area (Å²) in [7, 11) is 0. The highest BCUT2D eigenvalue weighted by Crippen LogP contribution is 2.64. The summed E-state index contributed by atoms with van der Waals surface area (Å²) in [4.78, 5) is 15.5. The molecule has 8 aromatic rings. The number of nitrogens with zero attached hydrogens (tertiary/aromatic N) is 3. The Balaban J connectivity index is 0.893. The SMILES string of the molecule is CC1(C)C2=CC3c4ccccc4C4(CCCCC4)C3C=C2c2cc(-c3ccc4sc5c(-c6nc(C7=CC=C(c8ccccc8)CC7)nc(-c7ccccc7)n6)cccc5c4c3)ccc21. The van der Waals surface area contributed by atoms with Crippen molar-refractivity contribution in [3.8, 4) is 33.9 Å². The molecule has 0 aliphatic heterocycles. The second-order valence-electron chi connectivity index (χ2n) is 19.3. The van der Waals surface area contributed by atoms with Crippen molar-refractivity contribution < 1.29 is 0 Å². The van der Waals surface area contributed by atoms with E-state index in [0.717, 1.165) is 35.4 Å². The van der Waals surface area contributed by atoms with Gasteiger partial charge in [0.25, 0.3) is 0 Å². The first kappa shape index (κ1) is 38.0. The molecule has 1 saturated carbocycles. The summed E-state index contributed by atoms with van der Waals surface area (Å²) in [6, 6.07) is 51.5. The van der Waals surface area contributed by atoms with Crippen molar-refractivity contribution in [2.24, 2.45) is 5.92 Å². The van der Waals surface area contributed by atoms with Gasteiger partial charge in [0.2, 0.25) is 0 Å². The van der Waals surface area contributed by atoms with E-state index in [2.05, 4.69) is 172 Å². The van der Waals surface area contributed by atoms with Gasteiger partial charge in [-0.2, -0.15) is 0 Å². The first-order valence-electron chi connectivity index (χ1n) is 23.3. The summed E-state index contributed by atoms with van der Waals surface area (Å²) in [5.41, 5.74) is 17.6. The Bertz CT molecular complexity index is 3340. The Morgan fingerprint density at radius 2 is 1.23 bits per heavy atom. The molecule has 5 aliphatic rings. The highest BCUT2D eigenvalue weighted by atomic mass is 32.1. The summed E-state index contributed by atoms with van der Waals surface area (Å²) < 4.78 is 2.47. The maximum atomic E-state index is 5.25. The molecule has 4 heteroatoms. The second kappa shape index (κ2) is 14.5. The average Bonchev–Trinajstić information content (AvgIpc) is 3.94. The van der Waals surface area contributed by atoms with Crippen LogP contribution in [0.15, 0.2) is 169 Å². The molecule has 13 rings (SSSR count). The third kappa shape index (κ3) is 5.81. The van der Waals surface area contributed by atoms with E-state index < -0.39 is 0 Å². The van der Waals surface area contributed by atoms with Gasteiger partial charge in [-0.05, 0) is 117 Å². The van der Waals surface area contributed by atoms with Crippen LogP contribution in [0.3, 0.4) is 0 Å². The monoisotopic (exact) mass is 843 g/mol. The minimum Gasteiger partial charge on any atom is -0.209 e. The highest BCUT2D eigenvalue weighted by Gasteiger charge is 2.53. The molecule has 2 atom stereocenters. The molecule has 2 aromatic heterocycles. The number of benzene rings is 6. The molecular formula is C60H49N3S. The van der Waals surface area contributed by atoms with Gasteiger partial charge in [-0.25, -0.2) is 15.0 Å². The molecular weight excluding hydrogens is 795 g/mol. The van der Waals surface area contributed by atoms with Crippen LogP contribution in [0.25, 0.3) is 70.8 Å². The first-order valence-corrected chi connectivity index (χ1v) is 24.2. The lowest BCUT2D eigenvalue weighted by Gasteiger charge is -2.41. The molecule has 3 nitrogen and oxygen atoms in total. The lowest BCUT2D eigenvalue weighted by Crippen LogP contribution is -2.35. The predicted molar refractivity (Wildman–Crippen MR) is 267 cm³/mol. The van der Waals surface area contributed by atoms with E-state index in [0.29, 0.717) is 23.5 Å². The third-order valence-corrected chi connectivity index (χ3v) is 16.8. The Morgan fingerprint density at radius 1 is 0.531 bits per heavy atom. The van der Waals surface area contributed by atoms with Gasteiger partial charge in [-0.15, -0.1) is 11.3 Å². The van der Waals surface area contributed by atoms with Gasteiger partial charge in [0.05, 0.1) is 0 Å². The van der Waals surface area contributed by atoms with Gasteiger partial charge in [-0.3, -0.25) is 0 Å². The van der Waals surface area contributed by atoms with E-state index in [1.165, 1.54) is 96.8 Å². The van der Waals surface area contributed by atoms with Gasteiger partial charge >= 0.3 is 0 Å². The molecule has 2 heterocycles. The fourth-order valence-corrected chi connectivity index (χ4v) is 13.6. The molecule has 1 fully saturated rings. The summed E-state index contributed by atoms with van der Waals surface area (Å²) in [5, 5.41) is 2.51. The van der Waals surface area contributed by atoms with Gasteiger partial charge in [0.15, 0.2) is 17.5 Å². The molecule has 0 radical (unpaired) electrons. The lowest BCUT2D eigenvalue weighted by atomic mass is 9.62. The van der Waals surface area contributed by atoms with Crippen molar-refractivity contribution in [3.05, 3.63) is 203 Å². The van der Waals surface area contributed by atoms with Crippen molar-refractivity contribution in [1.29, 1.82) is 0 Å². The lowest BCUT2D eigenvalue weighted by molar-refractivity contribution is 0.233. The van der Waals surface area contributed by atoms with Crippen molar-refractivity contribution in [1.82, 2.24) is 15.0 Å². The number of thiophene rings is 1. The fraction of sp³-hybridized carbons (Fsp3) is 0.217. The largest absolute Gasteiger partial charge is 0.209 e.